The minimum atomic E-state index is -0.292. The zero-order valence-electron chi connectivity index (χ0n) is 9.96. The Morgan fingerprint density at radius 3 is 3.06 bits per heavy atom. The van der Waals surface area contributed by atoms with Crippen LogP contribution in [-0.2, 0) is 11.3 Å². The van der Waals surface area contributed by atoms with Gasteiger partial charge in [0.05, 0.1) is 0 Å². The van der Waals surface area contributed by atoms with E-state index < -0.39 is 0 Å². The molecule has 1 N–H and O–H groups in total. The number of rotatable bonds is 4. The number of hydrogen-bond acceptors (Lipinski definition) is 1. The zero-order chi connectivity index (χ0) is 13.0. The molecule has 2 nitrogen and oxygen atoms in total. The van der Waals surface area contributed by atoms with E-state index in [2.05, 4.69) is 33.4 Å². The third kappa shape index (κ3) is 3.67. The predicted molar refractivity (Wildman–Crippen MR) is 72.4 cm³/mol. The number of nitrogens with one attached hydrogen (secondary N) is 1. The van der Waals surface area contributed by atoms with Crippen LogP contribution in [0.2, 0.25) is 0 Å². The van der Waals surface area contributed by atoms with Crippen molar-refractivity contribution in [2.24, 2.45) is 5.92 Å². The summed E-state index contributed by atoms with van der Waals surface area (Å²) in [7, 11) is 0. The second-order valence-corrected chi connectivity index (χ2v) is 5.40. The summed E-state index contributed by atoms with van der Waals surface area (Å²) in [6, 6.07) is 4.72. The van der Waals surface area contributed by atoms with Gasteiger partial charge in [-0.2, -0.15) is 0 Å². The van der Waals surface area contributed by atoms with Gasteiger partial charge in [-0.1, -0.05) is 28.1 Å². The molecule has 96 valence electrons. The maximum absolute atomic E-state index is 13.4. The fraction of sp³-hybridized carbons (Fsp3) is 0.357. The highest BCUT2D eigenvalue weighted by molar-refractivity contribution is 9.10. The summed E-state index contributed by atoms with van der Waals surface area (Å²) in [4.78, 5) is 11.7. The number of carbonyl (C=O) groups excluding carboxylic acids is 1. The largest absolute Gasteiger partial charge is 0.352 e. The van der Waals surface area contributed by atoms with Gasteiger partial charge in [-0.05, 0) is 37.0 Å². The van der Waals surface area contributed by atoms with Gasteiger partial charge in [-0.25, -0.2) is 4.39 Å². The summed E-state index contributed by atoms with van der Waals surface area (Å²) in [6.07, 6.45) is 6.77. The smallest absolute Gasteiger partial charge is 0.220 e. The number of halogens is 2. The molecule has 0 aliphatic heterocycles. The number of hydrogen-bond donors (Lipinski definition) is 1. The molecular formula is C14H15BrFNO. The van der Waals surface area contributed by atoms with E-state index in [0.717, 1.165) is 17.3 Å². The summed E-state index contributed by atoms with van der Waals surface area (Å²) >= 11 is 3.29. The molecule has 1 aliphatic rings. The van der Waals surface area contributed by atoms with Gasteiger partial charge in [0.1, 0.15) is 5.82 Å². The monoisotopic (exact) mass is 311 g/mol. The first kappa shape index (κ1) is 13.3. The van der Waals surface area contributed by atoms with Crippen LogP contribution in [0.1, 0.15) is 24.8 Å². The van der Waals surface area contributed by atoms with E-state index in [9.17, 15) is 9.18 Å². The zero-order valence-corrected chi connectivity index (χ0v) is 11.5. The van der Waals surface area contributed by atoms with Crippen molar-refractivity contribution in [1.82, 2.24) is 5.32 Å². The Bertz CT molecular complexity index is 473. The maximum atomic E-state index is 13.4. The average Bonchev–Trinajstić information content (AvgIpc) is 2.83. The Kier molecular flexibility index (Phi) is 4.53. The van der Waals surface area contributed by atoms with Crippen molar-refractivity contribution in [2.45, 2.75) is 25.8 Å². The lowest BCUT2D eigenvalue weighted by molar-refractivity contribution is -0.121. The third-order valence-electron chi connectivity index (χ3n) is 3.04. The first-order valence-electron chi connectivity index (χ1n) is 6.02. The van der Waals surface area contributed by atoms with Crippen LogP contribution in [0.4, 0.5) is 4.39 Å². The Labute approximate surface area is 114 Å². The van der Waals surface area contributed by atoms with Gasteiger partial charge in [0, 0.05) is 23.0 Å². The molecule has 1 aliphatic carbocycles. The van der Waals surface area contributed by atoms with Crippen LogP contribution in [0.5, 0.6) is 0 Å². The van der Waals surface area contributed by atoms with Crippen molar-refractivity contribution in [2.75, 3.05) is 0 Å². The average molecular weight is 312 g/mol. The van der Waals surface area contributed by atoms with Crippen molar-refractivity contribution in [3.05, 3.63) is 46.2 Å². The molecule has 0 radical (unpaired) electrons. The van der Waals surface area contributed by atoms with Gasteiger partial charge < -0.3 is 5.32 Å². The van der Waals surface area contributed by atoms with Gasteiger partial charge in [-0.15, -0.1) is 0 Å². The summed E-state index contributed by atoms with van der Waals surface area (Å²) < 4.78 is 14.3. The highest BCUT2D eigenvalue weighted by atomic mass is 79.9. The van der Waals surface area contributed by atoms with Crippen LogP contribution in [0.25, 0.3) is 0 Å². The fourth-order valence-electron chi connectivity index (χ4n) is 2.05. The summed E-state index contributed by atoms with van der Waals surface area (Å²) in [5, 5.41) is 2.76. The van der Waals surface area contributed by atoms with E-state index in [1.165, 1.54) is 6.07 Å². The molecule has 0 spiro atoms. The van der Waals surface area contributed by atoms with Crippen molar-refractivity contribution < 1.29 is 9.18 Å². The van der Waals surface area contributed by atoms with E-state index in [1.807, 2.05) is 0 Å². The Morgan fingerprint density at radius 1 is 1.50 bits per heavy atom. The minimum absolute atomic E-state index is 0.0223. The molecule has 0 heterocycles. The van der Waals surface area contributed by atoms with Crippen molar-refractivity contribution in [3.8, 4) is 0 Å². The third-order valence-corrected chi connectivity index (χ3v) is 3.54. The molecule has 18 heavy (non-hydrogen) atoms. The summed E-state index contributed by atoms with van der Waals surface area (Å²) in [6.45, 7) is 0.237. The highest BCUT2D eigenvalue weighted by Crippen LogP contribution is 2.20. The molecule has 1 unspecified atom stereocenters. The van der Waals surface area contributed by atoms with E-state index in [4.69, 9.17) is 0 Å². The van der Waals surface area contributed by atoms with Crippen LogP contribution in [0.3, 0.4) is 0 Å². The van der Waals surface area contributed by atoms with E-state index in [-0.39, 0.29) is 18.3 Å². The first-order chi connectivity index (χ1) is 8.65. The second kappa shape index (κ2) is 6.14. The molecule has 1 amide bonds. The van der Waals surface area contributed by atoms with Crippen molar-refractivity contribution in [3.63, 3.8) is 0 Å². The van der Waals surface area contributed by atoms with Crippen LogP contribution in [0.15, 0.2) is 34.8 Å². The molecule has 1 aromatic rings. The van der Waals surface area contributed by atoms with Crippen molar-refractivity contribution >= 4 is 21.8 Å². The summed E-state index contributed by atoms with van der Waals surface area (Å²) in [5.41, 5.74) is 0.500. The molecule has 0 saturated carbocycles. The minimum Gasteiger partial charge on any atom is -0.352 e. The standard InChI is InChI=1S/C14H15BrFNO/c15-12-5-6-13(16)11(8-12)9-17-14(18)7-10-3-1-2-4-10/h1,3,5-6,8,10H,2,4,7,9H2,(H,17,18). The predicted octanol–water partition coefficient (Wildman–Crippen LogP) is 3.56. The first-order valence-corrected chi connectivity index (χ1v) is 6.82. The lowest BCUT2D eigenvalue weighted by Gasteiger charge is -2.09. The highest BCUT2D eigenvalue weighted by Gasteiger charge is 2.14. The van der Waals surface area contributed by atoms with Gasteiger partial charge in [-0.3, -0.25) is 4.79 Å². The van der Waals surface area contributed by atoms with E-state index >= 15 is 0 Å². The molecule has 0 saturated heterocycles. The molecule has 1 aromatic carbocycles. The SMILES string of the molecule is O=C(CC1C=CCC1)NCc1cc(Br)ccc1F. The Hall–Kier alpha value is -1.16. The molecule has 4 heteroatoms. The quantitative estimate of drug-likeness (QED) is 0.846. The van der Waals surface area contributed by atoms with Crippen LogP contribution < -0.4 is 5.32 Å². The Balaban J connectivity index is 1.85. The fourth-order valence-corrected chi connectivity index (χ4v) is 2.46. The van der Waals surface area contributed by atoms with E-state index in [1.54, 1.807) is 12.1 Å². The van der Waals surface area contributed by atoms with Crippen LogP contribution >= 0.6 is 15.9 Å². The molecular weight excluding hydrogens is 297 g/mol. The van der Waals surface area contributed by atoms with E-state index in [0.29, 0.717) is 17.9 Å². The van der Waals surface area contributed by atoms with Crippen LogP contribution in [0, 0.1) is 11.7 Å². The van der Waals surface area contributed by atoms with Crippen molar-refractivity contribution in [1.29, 1.82) is 0 Å². The van der Waals surface area contributed by atoms with Gasteiger partial charge in [0.25, 0.3) is 0 Å². The topological polar surface area (TPSA) is 29.1 Å². The van der Waals surface area contributed by atoms with Gasteiger partial charge in [0.15, 0.2) is 0 Å². The normalized spacial score (nSPS) is 18.0. The number of carbonyl (C=O) groups is 1. The lowest BCUT2D eigenvalue weighted by atomic mass is 10.1. The number of allylic oxidation sites excluding steroid dienone is 2. The second-order valence-electron chi connectivity index (χ2n) is 4.48. The molecule has 0 bridgehead atoms. The lowest BCUT2D eigenvalue weighted by Crippen LogP contribution is -2.24. The number of benzene rings is 1. The van der Waals surface area contributed by atoms with Gasteiger partial charge >= 0.3 is 0 Å². The molecule has 1 atom stereocenters. The molecule has 0 aromatic heterocycles. The molecule has 2 rings (SSSR count). The summed E-state index contributed by atoms with van der Waals surface area (Å²) in [5.74, 6) is 0.0301. The maximum Gasteiger partial charge on any atom is 0.220 e. The van der Waals surface area contributed by atoms with Gasteiger partial charge in [0.2, 0.25) is 5.91 Å². The number of amides is 1. The molecule has 0 fully saturated rings. The Morgan fingerprint density at radius 2 is 2.33 bits per heavy atom. The van der Waals surface area contributed by atoms with Crippen LogP contribution in [-0.4, -0.2) is 5.91 Å².